The molecule has 0 atom stereocenters. The van der Waals surface area contributed by atoms with Crippen LogP contribution in [0.5, 0.6) is 0 Å². The van der Waals surface area contributed by atoms with Gasteiger partial charge in [-0.3, -0.25) is 0 Å². The van der Waals surface area contributed by atoms with E-state index in [4.69, 9.17) is 5.73 Å². The van der Waals surface area contributed by atoms with Crippen molar-refractivity contribution in [3.05, 3.63) is 59.5 Å². The summed E-state index contributed by atoms with van der Waals surface area (Å²) >= 11 is 1.56. The lowest BCUT2D eigenvalue weighted by atomic mass is 10.1. The standard InChI is InChI=1S/C18H19N3O2S2/c1-25(22,23)20-11-10-13-6-8-14(9-7-13)17-12-24-18(21-17)15-4-2-3-5-16(15)19/h2-9,12,20H,10-11,19H2,1H3. The van der Waals surface area contributed by atoms with Crippen molar-refractivity contribution in [2.24, 2.45) is 0 Å². The van der Waals surface area contributed by atoms with Gasteiger partial charge in [-0.05, 0) is 24.1 Å². The number of nitrogen functional groups attached to an aromatic ring is 1. The Bertz CT molecular complexity index is 964. The Morgan fingerprint density at radius 1 is 1.12 bits per heavy atom. The summed E-state index contributed by atoms with van der Waals surface area (Å²) < 4.78 is 24.6. The lowest BCUT2D eigenvalue weighted by molar-refractivity contribution is 0.588. The monoisotopic (exact) mass is 373 g/mol. The quantitative estimate of drug-likeness (QED) is 0.650. The van der Waals surface area contributed by atoms with Crippen LogP contribution in [0.4, 0.5) is 5.69 Å². The number of aromatic nitrogens is 1. The van der Waals surface area contributed by atoms with Crippen LogP contribution in [0.2, 0.25) is 0 Å². The van der Waals surface area contributed by atoms with E-state index in [-0.39, 0.29) is 0 Å². The fraction of sp³-hybridized carbons (Fsp3) is 0.167. The van der Waals surface area contributed by atoms with Crippen molar-refractivity contribution in [3.8, 4) is 21.8 Å². The maximum Gasteiger partial charge on any atom is 0.208 e. The van der Waals surface area contributed by atoms with Crippen LogP contribution in [0.15, 0.2) is 53.9 Å². The number of rotatable bonds is 6. The van der Waals surface area contributed by atoms with Crippen molar-refractivity contribution < 1.29 is 8.42 Å². The van der Waals surface area contributed by atoms with Crippen molar-refractivity contribution in [2.75, 3.05) is 18.5 Å². The Balaban J connectivity index is 1.72. The Morgan fingerprint density at radius 2 is 1.84 bits per heavy atom. The predicted octanol–water partition coefficient (Wildman–Crippen LogP) is 3.15. The van der Waals surface area contributed by atoms with E-state index in [0.717, 1.165) is 39.3 Å². The van der Waals surface area contributed by atoms with Gasteiger partial charge in [-0.15, -0.1) is 11.3 Å². The minimum absolute atomic E-state index is 0.395. The van der Waals surface area contributed by atoms with Gasteiger partial charge < -0.3 is 5.73 Å². The maximum atomic E-state index is 11.1. The molecule has 0 aliphatic rings. The summed E-state index contributed by atoms with van der Waals surface area (Å²) in [6.45, 7) is 0.395. The second kappa shape index (κ2) is 7.35. The van der Waals surface area contributed by atoms with Crippen molar-refractivity contribution in [1.82, 2.24) is 9.71 Å². The highest BCUT2D eigenvalue weighted by Gasteiger charge is 2.09. The first-order valence-corrected chi connectivity index (χ1v) is 10.5. The molecule has 0 bridgehead atoms. The molecule has 0 spiro atoms. The molecular weight excluding hydrogens is 354 g/mol. The molecule has 3 N–H and O–H groups in total. The van der Waals surface area contributed by atoms with Gasteiger partial charge in [0, 0.05) is 28.7 Å². The van der Waals surface area contributed by atoms with Crippen molar-refractivity contribution in [1.29, 1.82) is 0 Å². The lowest BCUT2D eigenvalue weighted by Gasteiger charge is -2.04. The van der Waals surface area contributed by atoms with Crippen LogP contribution in [-0.4, -0.2) is 26.2 Å². The van der Waals surface area contributed by atoms with Crippen LogP contribution in [0, 0.1) is 0 Å². The number of benzene rings is 2. The fourth-order valence-corrected chi connectivity index (χ4v) is 3.79. The molecule has 0 aliphatic carbocycles. The number of thiazole rings is 1. The van der Waals surface area contributed by atoms with E-state index in [2.05, 4.69) is 9.71 Å². The zero-order valence-corrected chi connectivity index (χ0v) is 15.4. The molecule has 2 aromatic carbocycles. The van der Waals surface area contributed by atoms with Gasteiger partial charge in [0.25, 0.3) is 0 Å². The maximum absolute atomic E-state index is 11.1. The molecule has 1 heterocycles. The van der Waals surface area contributed by atoms with Crippen LogP contribution in [0.1, 0.15) is 5.56 Å². The second-order valence-electron chi connectivity index (χ2n) is 5.74. The van der Waals surface area contributed by atoms with Crippen molar-refractivity contribution in [3.63, 3.8) is 0 Å². The summed E-state index contributed by atoms with van der Waals surface area (Å²) in [5, 5.41) is 2.91. The summed E-state index contributed by atoms with van der Waals surface area (Å²) in [4.78, 5) is 4.68. The number of sulfonamides is 1. The molecule has 5 nitrogen and oxygen atoms in total. The number of hydrogen-bond acceptors (Lipinski definition) is 5. The highest BCUT2D eigenvalue weighted by molar-refractivity contribution is 7.88. The van der Waals surface area contributed by atoms with Crippen LogP contribution >= 0.6 is 11.3 Å². The lowest BCUT2D eigenvalue weighted by Crippen LogP contribution is -2.24. The number of nitrogens with zero attached hydrogens (tertiary/aromatic N) is 1. The molecule has 3 aromatic rings. The minimum Gasteiger partial charge on any atom is -0.398 e. The second-order valence-corrected chi connectivity index (χ2v) is 8.43. The van der Waals surface area contributed by atoms with Gasteiger partial charge in [-0.2, -0.15) is 0 Å². The topological polar surface area (TPSA) is 85.1 Å². The average molecular weight is 374 g/mol. The molecule has 1 aromatic heterocycles. The van der Waals surface area contributed by atoms with Crippen molar-refractivity contribution in [2.45, 2.75) is 6.42 Å². The summed E-state index contributed by atoms with van der Waals surface area (Å²) in [6.07, 6.45) is 1.81. The minimum atomic E-state index is -3.14. The number of anilines is 1. The van der Waals surface area contributed by atoms with E-state index in [1.807, 2.05) is 53.9 Å². The summed E-state index contributed by atoms with van der Waals surface area (Å²) in [5.41, 5.74) is 10.7. The van der Waals surface area contributed by atoms with E-state index in [0.29, 0.717) is 13.0 Å². The highest BCUT2D eigenvalue weighted by Crippen LogP contribution is 2.32. The smallest absolute Gasteiger partial charge is 0.208 e. The first-order chi connectivity index (χ1) is 11.9. The highest BCUT2D eigenvalue weighted by atomic mass is 32.2. The molecule has 130 valence electrons. The van der Waals surface area contributed by atoms with E-state index < -0.39 is 10.0 Å². The third kappa shape index (κ3) is 4.66. The predicted molar refractivity (Wildman–Crippen MR) is 104 cm³/mol. The Morgan fingerprint density at radius 3 is 2.52 bits per heavy atom. The molecular formula is C18H19N3O2S2. The van der Waals surface area contributed by atoms with Crippen molar-refractivity contribution >= 4 is 27.0 Å². The Labute approximate surface area is 151 Å². The normalized spacial score (nSPS) is 11.6. The summed E-state index contributed by atoms with van der Waals surface area (Å²) in [5.74, 6) is 0. The van der Waals surface area contributed by atoms with Gasteiger partial charge in [0.2, 0.25) is 10.0 Å². The zero-order chi connectivity index (χ0) is 17.9. The number of nitrogens with two attached hydrogens (primary N) is 1. The Hall–Kier alpha value is -2.22. The summed E-state index contributed by atoms with van der Waals surface area (Å²) in [7, 11) is -3.14. The van der Waals surface area contributed by atoms with Gasteiger partial charge in [0.05, 0.1) is 11.9 Å². The molecule has 0 unspecified atom stereocenters. The molecule has 0 saturated carbocycles. The summed E-state index contributed by atoms with van der Waals surface area (Å²) in [6, 6.07) is 15.7. The van der Waals surface area contributed by atoms with Crippen LogP contribution in [0.25, 0.3) is 21.8 Å². The van der Waals surface area contributed by atoms with Gasteiger partial charge in [-0.25, -0.2) is 18.1 Å². The molecule has 0 saturated heterocycles. The SMILES string of the molecule is CS(=O)(=O)NCCc1ccc(-c2csc(-c3ccccc3N)n2)cc1. The number of nitrogens with one attached hydrogen (secondary N) is 1. The Kier molecular flexibility index (Phi) is 5.17. The third-order valence-electron chi connectivity index (χ3n) is 3.72. The van der Waals surface area contributed by atoms with Gasteiger partial charge in [0.1, 0.15) is 5.01 Å². The van der Waals surface area contributed by atoms with Gasteiger partial charge in [0.15, 0.2) is 0 Å². The number of hydrogen-bond donors (Lipinski definition) is 2. The van der Waals surface area contributed by atoms with E-state index >= 15 is 0 Å². The fourth-order valence-electron chi connectivity index (χ4n) is 2.44. The molecule has 0 fully saturated rings. The van der Waals surface area contributed by atoms with Crippen LogP contribution < -0.4 is 10.5 Å². The third-order valence-corrected chi connectivity index (χ3v) is 5.33. The van der Waals surface area contributed by atoms with Gasteiger partial charge >= 0.3 is 0 Å². The largest absolute Gasteiger partial charge is 0.398 e. The molecule has 25 heavy (non-hydrogen) atoms. The van der Waals surface area contributed by atoms with E-state index in [1.165, 1.54) is 0 Å². The molecule has 0 aliphatic heterocycles. The van der Waals surface area contributed by atoms with Crippen LogP contribution in [-0.2, 0) is 16.4 Å². The first kappa shape index (κ1) is 17.6. The molecule has 3 rings (SSSR count). The van der Waals surface area contributed by atoms with Crippen LogP contribution in [0.3, 0.4) is 0 Å². The zero-order valence-electron chi connectivity index (χ0n) is 13.8. The molecule has 0 radical (unpaired) electrons. The first-order valence-electron chi connectivity index (χ1n) is 7.77. The average Bonchev–Trinajstić information content (AvgIpc) is 3.04. The van der Waals surface area contributed by atoms with E-state index in [1.54, 1.807) is 11.3 Å². The number of para-hydroxylation sites is 1. The molecule has 0 amide bonds. The van der Waals surface area contributed by atoms with Gasteiger partial charge in [-0.1, -0.05) is 36.4 Å². The van der Waals surface area contributed by atoms with E-state index in [9.17, 15) is 8.42 Å². The molecule has 7 heteroatoms.